The van der Waals surface area contributed by atoms with Gasteiger partial charge in [0.15, 0.2) is 0 Å². The molecule has 1 amide bonds. The molecule has 0 aliphatic heterocycles. The van der Waals surface area contributed by atoms with Gasteiger partial charge in [0.1, 0.15) is 0 Å². The summed E-state index contributed by atoms with van der Waals surface area (Å²) in [5.74, 6) is 0.200. The van der Waals surface area contributed by atoms with Gasteiger partial charge in [-0.2, -0.15) is 0 Å². The number of carbonyl (C=O) groups excluding carboxylic acids is 1. The Labute approximate surface area is 119 Å². The molecule has 0 radical (unpaired) electrons. The highest BCUT2D eigenvalue weighted by Gasteiger charge is 2.19. The molecule has 19 heavy (non-hydrogen) atoms. The average Bonchev–Trinajstić information content (AvgIpc) is 2.44. The van der Waals surface area contributed by atoms with E-state index in [1.54, 1.807) is 0 Å². The van der Waals surface area contributed by atoms with Crippen molar-refractivity contribution in [2.45, 2.75) is 53.4 Å². The lowest BCUT2D eigenvalue weighted by molar-refractivity contribution is -0.922. The van der Waals surface area contributed by atoms with Crippen LogP contribution in [0, 0.1) is 0 Å². The number of hydrogen-bond acceptors (Lipinski definition) is 1. The third kappa shape index (κ3) is 8.04. The SMILES string of the molecule is CC/C=C/CCCC(=O)NCC[N+](CC)(CC)CC. The molecule has 0 aliphatic carbocycles. The van der Waals surface area contributed by atoms with E-state index >= 15 is 0 Å². The van der Waals surface area contributed by atoms with Gasteiger partial charge in [-0.3, -0.25) is 4.79 Å². The predicted molar refractivity (Wildman–Crippen MR) is 83.0 cm³/mol. The van der Waals surface area contributed by atoms with Crippen LogP contribution in [-0.4, -0.2) is 43.1 Å². The largest absolute Gasteiger partial charge is 0.350 e. The zero-order valence-corrected chi connectivity index (χ0v) is 13.4. The lowest BCUT2D eigenvalue weighted by atomic mass is 10.2. The van der Waals surface area contributed by atoms with Crippen LogP contribution in [0.25, 0.3) is 0 Å². The van der Waals surface area contributed by atoms with Crippen LogP contribution in [-0.2, 0) is 4.79 Å². The molecule has 0 aromatic heterocycles. The molecule has 0 atom stereocenters. The average molecular weight is 269 g/mol. The molecule has 0 aliphatic rings. The Morgan fingerprint density at radius 3 is 2.21 bits per heavy atom. The maximum Gasteiger partial charge on any atom is 0.220 e. The van der Waals surface area contributed by atoms with Gasteiger partial charge in [-0.1, -0.05) is 19.1 Å². The smallest absolute Gasteiger partial charge is 0.220 e. The summed E-state index contributed by atoms with van der Waals surface area (Å²) in [6.45, 7) is 14.1. The normalized spacial score (nSPS) is 12.0. The Hall–Kier alpha value is -0.830. The zero-order chi connectivity index (χ0) is 14.6. The van der Waals surface area contributed by atoms with Crippen LogP contribution in [0.2, 0.25) is 0 Å². The molecule has 0 saturated heterocycles. The monoisotopic (exact) mass is 269 g/mol. The quantitative estimate of drug-likeness (QED) is 0.348. The van der Waals surface area contributed by atoms with Crippen LogP contribution in [0.5, 0.6) is 0 Å². The minimum absolute atomic E-state index is 0.200. The summed E-state index contributed by atoms with van der Waals surface area (Å²) in [5, 5.41) is 3.05. The van der Waals surface area contributed by atoms with E-state index in [2.05, 4.69) is 45.2 Å². The van der Waals surface area contributed by atoms with Crippen LogP contribution in [0.4, 0.5) is 0 Å². The van der Waals surface area contributed by atoms with E-state index in [4.69, 9.17) is 0 Å². The molecule has 3 nitrogen and oxygen atoms in total. The number of allylic oxidation sites excluding steroid dienone is 2. The zero-order valence-electron chi connectivity index (χ0n) is 13.4. The second-order valence-electron chi connectivity index (χ2n) is 5.14. The summed E-state index contributed by atoms with van der Waals surface area (Å²) in [4.78, 5) is 11.7. The van der Waals surface area contributed by atoms with E-state index in [-0.39, 0.29) is 5.91 Å². The first-order chi connectivity index (χ1) is 9.14. The highest BCUT2D eigenvalue weighted by atomic mass is 16.1. The number of amides is 1. The van der Waals surface area contributed by atoms with E-state index in [1.165, 1.54) is 0 Å². The highest BCUT2D eigenvalue weighted by molar-refractivity contribution is 5.75. The van der Waals surface area contributed by atoms with Crippen molar-refractivity contribution in [1.29, 1.82) is 0 Å². The fourth-order valence-corrected chi connectivity index (χ4v) is 2.33. The van der Waals surface area contributed by atoms with E-state index in [1.807, 2.05) is 0 Å². The molecule has 0 spiro atoms. The summed E-state index contributed by atoms with van der Waals surface area (Å²) < 4.78 is 1.10. The fourth-order valence-electron chi connectivity index (χ4n) is 2.33. The molecule has 1 N–H and O–H groups in total. The van der Waals surface area contributed by atoms with Gasteiger partial charge in [0.2, 0.25) is 5.91 Å². The Bertz CT molecular complexity index is 249. The first kappa shape index (κ1) is 18.2. The Balaban J connectivity index is 3.76. The standard InChI is InChI=1S/C16H32N2O/c1-5-9-10-11-12-13-16(19)17-14-15-18(6-2,7-3)8-4/h9-10H,5-8,11-15H2,1-4H3/p+1/b10-9+. The number of rotatable bonds is 11. The second kappa shape index (κ2) is 11.0. The Morgan fingerprint density at radius 2 is 1.68 bits per heavy atom. The van der Waals surface area contributed by atoms with Crippen LogP contribution < -0.4 is 5.32 Å². The minimum Gasteiger partial charge on any atom is -0.350 e. The number of unbranched alkanes of at least 4 members (excludes halogenated alkanes) is 1. The van der Waals surface area contributed by atoms with E-state index in [0.29, 0.717) is 6.42 Å². The van der Waals surface area contributed by atoms with E-state index in [9.17, 15) is 4.79 Å². The molecule has 0 saturated carbocycles. The Morgan fingerprint density at radius 1 is 1.05 bits per heavy atom. The van der Waals surface area contributed by atoms with Crippen LogP contribution in [0.15, 0.2) is 12.2 Å². The minimum atomic E-state index is 0.200. The predicted octanol–water partition coefficient (Wildman–Crippen LogP) is 3.12. The molecule has 0 bridgehead atoms. The molecular formula is C16H33N2O+. The number of nitrogens with zero attached hydrogens (tertiary/aromatic N) is 1. The van der Waals surface area contributed by atoms with Crippen molar-refractivity contribution in [3.05, 3.63) is 12.2 Å². The van der Waals surface area contributed by atoms with Gasteiger partial charge in [0, 0.05) is 6.42 Å². The van der Waals surface area contributed by atoms with Crippen molar-refractivity contribution in [2.24, 2.45) is 0 Å². The fraction of sp³-hybridized carbons (Fsp3) is 0.812. The van der Waals surface area contributed by atoms with Crippen LogP contribution in [0.1, 0.15) is 53.4 Å². The lowest BCUT2D eigenvalue weighted by Crippen LogP contribution is -2.51. The van der Waals surface area contributed by atoms with Crippen molar-refractivity contribution in [3.8, 4) is 0 Å². The summed E-state index contributed by atoms with van der Waals surface area (Å²) in [5.41, 5.74) is 0. The lowest BCUT2D eigenvalue weighted by Gasteiger charge is -2.35. The van der Waals surface area contributed by atoms with Gasteiger partial charge in [0.25, 0.3) is 0 Å². The van der Waals surface area contributed by atoms with Gasteiger partial charge in [0.05, 0.1) is 32.7 Å². The van der Waals surface area contributed by atoms with Gasteiger partial charge in [-0.25, -0.2) is 0 Å². The number of quaternary nitrogens is 1. The van der Waals surface area contributed by atoms with E-state index < -0.39 is 0 Å². The van der Waals surface area contributed by atoms with Crippen molar-refractivity contribution in [3.63, 3.8) is 0 Å². The van der Waals surface area contributed by atoms with Crippen LogP contribution in [0.3, 0.4) is 0 Å². The number of hydrogen-bond donors (Lipinski definition) is 1. The molecule has 0 unspecified atom stereocenters. The third-order valence-electron chi connectivity index (χ3n) is 4.10. The maximum atomic E-state index is 11.7. The Kier molecular flexibility index (Phi) is 10.6. The van der Waals surface area contributed by atoms with Crippen molar-refractivity contribution < 1.29 is 9.28 Å². The van der Waals surface area contributed by atoms with Gasteiger partial charge in [-0.15, -0.1) is 0 Å². The molecule has 0 rings (SSSR count). The molecule has 3 heteroatoms. The summed E-state index contributed by atoms with van der Waals surface area (Å²) in [6, 6.07) is 0. The van der Waals surface area contributed by atoms with Gasteiger partial charge < -0.3 is 9.80 Å². The summed E-state index contributed by atoms with van der Waals surface area (Å²) >= 11 is 0. The first-order valence-corrected chi connectivity index (χ1v) is 7.90. The maximum absolute atomic E-state index is 11.7. The molecule has 0 fully saturated rings. The number of nitrogens with one attached hydrogen (secondary N) is 1. The molecule has 0 aromatic carbocycles. The van der Waals surface area contributed by atoms with E-state index in [0.717, 1.165) is 56.5 Å². The van der Waals surface area contributed by atoms with Crippen molar-refractivity contribution in [2.75, 3.05) is 32.7 Å². The summed E-state index contributed by atoms with van der Waals surface area (Å²) in [6.07, 6.45) is 8.03. The first-order valence-electron chi connectivity index (χ1n) is 7.90. The molecule has 112 valence electrons. The second-order valence-corrected chi connectivity index (χ2v) is 5.14. The third-order valence-corrected chi connectivity index (χ3v) is 4.10. The topological polar surface area (TPSA) is 29.1 Å². The molecular weight excluding hydrogens is 236 g/mol. The van der Waals surface area contributed by atoms with Crippen molar-refractivity contribution >= 4 is 5.91 Å². The molecule has 0 aromatic rings. The van der Waals surface area contributed by atoms with Crippen LogP contribution >= 0.6 is 0 Å². The highest BCUT2D eigenvalue weighted by Crippen LogP contribution is 2.04. The summed E-state index contributed by atoms with van der Waals surface area (Å²) in [7, 11) is 0. The number of carbonyl (C=O) groups is 1. The van der Waals surface area contributed by atoms with Gasteiger partial charge >= 0.3 is 0 Å². The number of likely N-dealkylation sites (N-methyl/N-ethyl adjacent to an activating group) is 1. The van der Waals surface area contributed by atoms with Gasteiger partial charge in [-0.05, 0) is 40.0 Å². The van der Waals surface area contributed by atoms with Crippen molar-refractivity contribution in [1.82, 2.24) is 5.32 Å². The molecule has 0 heterocycles.